The highest BCUT2D eigenvalue weighted by atomic mass is 32.1. The Morgan fingerprint density at radius 2 is 1.95 bits per heavy atom. The predicted molar refractivity (Wildman–Crippen MR) is 71.0 cm³/mol. The third-order valence-corrected chi connectivity index (χ3v) is 3.76. The molecule has 0 radical (unpaired) electrons. The van der Waals surface area contributed by atoms with Gasteiger partial charge in [-0.2, -0.15) is 0 Å². The largest absolute Gasteiger partial charge is 0.496 e. The van der Waals surface area contributed by atoms with Crippen LogP contribution in [0.4, 0.5) is 8.78 Å². The van der Waals surface area contributed by atoms with Gasteiger partial charge in [-0.25, -0.2) is 8.78 Å². The molecule has 1 aromatic heterocycles. The number of thiophene rings is 1. The molecule has 0 spiro atoms. The zero-order valence-electron chi connectivity index (χ0n) is 10.3. The molecule has 3 N–H and O–H groups in total. The fraction of sp³-hybridized carbons (Fsp3) is 0.231. The Hall–Kier alpha value is -1.50. The van der Waals surface area contributed by atoms with Crippen LogP contribution >= 0.6 is 11.3 Å². The second-order valence-corrected chi connectivity index (χ2v) is 5.03. The topological polar surface area (TPSA) is 47.3 Å². The lowest BCUT2D eigenvalue weighted by molar-refractivity contribution is 0.415. The molecule has 1 unspecified atom stereocenters. The van der Waals surface area contributed by atoms with E-state index in [0.717, 1.165) is 16.7 Å². The number of nitrogens with two attached hydrogens (primary N) is 1. The van der Waals surface area contributed by atoms with E-state index in [-0.39, 0.29) is 6.04 Å². The Kier molecular flexibility index (Phi) is 4.47. The molecule has 0 aliphatic rings. The summed E-state index contributed by atoms with van der Waals surface area (Å²) < 4.78 is 31.4. The van der Waals surface area contributed by atoms with Gasteiger partial charge in [0.1, 0.15) is 17.4 Å². The summed E-state index contributed by atoms with van der Waals surface area (Å²) in [6.07, 6.45) is 0.398. The van der Waals surface area contributed by atoms with Crippen LogP contribution in [0.15, 0.2) is 29.6 Å². The van der Waals surface area contributed by atoms with Crippen LogP contribution in [0.3, 0.4) is 0 Å². The van der Waals surface area contributed by atoms with Gasteiger partial charge in [-0.15, -0.1) is 11.3 Å². The second kappa shape index (κ2) is 6.10. The van der Waals surface area contributed by atoms with Crippen LogP contribution in [0.25, 0.3) is 0 Å². The van der Waals surface area contributed by atoms with E-state index in [1.807, 2.05) is 11.4 Å². The molecule has 0 fully saturated rings. The maximum absolute atomic E-state index is 13.1. The lowest BCUT2D eigenvalue weighted by atomic mass is 10.0. The van der Waals surface area contributed by atoms with Crippen molar-refractivity contribution in [3.8, 4) is 5.75 Å². The molecular formula is C13H14F2N2OS. The van der Waals surface area contributed by atoms with Gasteiger partial charge in [-0.3, -0.25) is 11.3 Å². The molecule has 1 heterocycles. The number of benzene rings is 1. The third-order valence-electron chi connectivity index (χ3n) is 2.74. The van der Waals surface area contributed by atoms with Crippen molar-refractivity contribution in [1.29, 1.82) is 0 Å². The van der Waals surface area contributed by atoms with Gasteiger partial charge in [0.05, 0.1) is 13.2 Å². The normalized spacial score (nSPS) is 12.4. The highest BCUT2D eigenvalue weighted by Crippen LogP contribution is 2.28. The van der Waals surface area contributed by atoms with Crippen molar-refractivity contribution in [3.05, 3.63) is 51.7 Å². The Bertz CT molecular complexity index is 539. The first-order chi connectivity index (χ1) is 9.12. The molecule has 0 saturated carbocycles. The maximum Gasteiger partial charge on any atom is 0.129 e. The first kappa shape index (κ1) is 13.9. The van der Waals surface area contributed by atoms with Crippen molar-refractivity contribution in [3.63, 3.8) is 0 Å². The summed E-state index contributed by atoms with van der Waals surface area (Å²) in [7, 11) is 1.58. The summed E-state index contributed by atoms with van der Waals surface area (Å²) in [5.41, 5.74) is 3.20. The van der Waals surface area contributed by atoms with Gasteiger partial charge < -0.3 is 4.74 Å². The van der Waals surface area contributed by atoms with Crippen molar-refractivity contribution >= 4 is 11.3 Å². The molecule has 3 nitrogen and oxygen atoms in total. The van der Waals surface area contributed by atoms with Gasteiger partial charge in [-0.1, -0.05) is 0 Å². The zero-order chi connectivity index (χ0) is 13.8. The Labute approximate surface area is 114 Å². The highest BCUT2D eigenvalue weighted by Gasteiger charge is 2.14. The number of hydrazine groups is 1. The molecule has 0 aliphatic carbocycles. The number of nitrogens with one attached hydrogen (secondary N) is 1. The van der Waals surface area contributed by atoms with Gasteiger partial charge in [0.2, 0.25) is 0 Å². The van der Waals surface area contributed by atoms with Crippen molar-refractivity contribution in [2.45, 2.75) is 12.5 Å². The monoisotopic (exact) mass is 284 g/mol. The third kappa shape index (κ3) is 3.50. The van der Waals surface area contributed by atoms with E-state index in [9.17, 15) is 8.78 Å². The van der Waals surface area contributed by atoms with Crippen LogP contribution in [0.5, 0.6) is 5.75 Å². The molecule has 0 bridgehead atoms. The van der Waals surface area contributed by atoms with Gasteiger partial charge >= 0.3 is 0 Å². The van der Waals surface area contributed by atoms with Crippen molar-refractivity contribution in [2.24, 2.45) is 5.84 Å². The molecule has 0 aliphatic heterocycles. The van der Waals surface area contributed by atoms with E-state index in [0.29, 0.717) is 12.0 Å². The Morgan fingerprint density at radius 1 is 1.26 bits per heavy atom. The van der Waals surface area contributed by atoms with Gasteiger partial charge in [0.25, 0.3) is 0 Å². The van der Waals surface area contributed by atoms with Gasteiger partial charge in [-0.05, 0) is 30.2 Å². The fourth-order valence-corrected chi connectivity index (χ4v) is 2.75. The summed E-state index contributed by atoms with van der Waals surface area (Å²) in [6.45, 7) is 0. The van der Waals surface area contributed by atoms with Crippen LogP contribution in [0.2, 0.25) is 0 Å². The molecule has 0 amide bonds. The van der Waals surface area contributed by atoms with Crippen LogP contribution < -0.4 is 16.0 Å². The van der Waals surface area contributed by atoms with E-state index >= 15 is 0 Å². The van der Waals surface area contributed by atoms with Crippen LogP contribution in [0.1, 0.15) is 16.5 Å². The van der Waals surface area contributed by atoms with Crippen molar-refractivity contribution in [2.75, 3.05) is 7.11 Å². The summed E-state index contributed by atoms with van der Waals surface area (Å²) in [6, 6.07) is 5.10. The number of rotatable bonds is 5. The minimum Gasteiger partial charge on any atom is -0.496 e. The molecule has 1 aromatic carbocycles. The number of hydrogen-bond acceptors (Lipinski definition) is 4. The quantitative estimate of drug-likeness (QED) is 0.655. The smallest absolute Gasteiger partial charge is 0.129 e. The highest BCUT2D eigenvalue weighted by molar-refractivity contribution is 7.10. The maximum atomic E-state index is 13.1. The lowest BCUT2D eigenvalue weighted by Gasteiger charge is -2.14. The molecule has 0 saturated heterocycles. The van der Waals surface area contributed by atoms with E-state index in [1.54, 1.807) is 7.11 Å². The zero-order valence-corrected chi connectivity index (χ0v) is 11.1. The van der Waals surface area contributed by atoms with Gasteiger partial charge in [0, 0.05) is 16.3 Å². The number of methoxy groups -OCH3 is 1. The summed E-state index contributed by atoms with van der Waals surface area (Å²) in [5, 5.41) is 1.85. The van der Waals surface area contributed by atoms with E-state index in [2.05, 4.69) is 5.43 Å². The number of ether oxygens (including phenoxy) is 1. The molecule has 2 aromatic rings. The SMILES string of the molecule is COc1csc(C(Cc2cc(F)cc(F)c2)NN)c1. The molecule has 1 atom stereocenters. The second-order valence-electron chi connectivity index (χ2n) is 4.09. The fourth-order valence-electron chi connectivity index (χ4n) is 1.83. The first-order valence-electron chi connectivity index (χ1n) is 5.66. The van der Waals surface area contributed by atoms with Crippen molar-refractivity contribution < 1.29 is 13.5 Å². The molecule has 6 heteroatoms. The Morgan fingerprint density at radius 3 is 2.47 bits per heavy atom. The number of halogens is 2. The summed E-state index contributed by atoms with van der Waals surface area (Å²) >= 11 is 1.48. The average Bonchev–Trinajstić information content (AvgIpc) is 2.83. The minimum absolute atomic E-state index is 0.213. The molecule has 102 valence electrons. The predicted octanol–water partition coefficient (Wildman–Crippen LogP) is 2.78. The van der Waals surface area contributed by atoms with Crippen LogP contribution in [-0.2, 0) is 6.42 Å². The first-order valence-corrected chi connectivity index (χ1v) is 6.54. The summed E-state index contributed by atoms with van der Waals surface area (Å²) in [4.78, 5) is 0.948. The minimum atomic E-state index is -0.588. The van der Waals surface area contributed by atoms with Crippen LogP contribution in [0, 0.1) is 11.6 Å². The summed E-state index contributed by atoms with van der Waals surface area (Å²) in [5.74, 6) is 5.07. The number of hydrogen-bond donors (Lipinski definition) is 2. The van der Waals surface area contributed by atoms with E-state index in [4.69, 9.17) is 10.6 Å². The van der Waals surface area contributed by atoms with Gasteiger partial charge in [0.15, 0.2) is 0 Å². The molecular weight excluding hydrogens is 270 g/mol. The van der Waals surface area contributed by atoms with Crippen molar-refractivity contribution in [1.82, 2.24) is 5.43 Å². The molecule has 2 rings (SSSR count). The average molecular weight is 284 g/mol. The van der Waals surface area contributed by atoms with E-state index < -0.39 is 11.6 Å². The van der Waals surface area contributed by atoms with E-state index in [1.165, 1.54) is 23.5 Å². The standard InChI is InChI=1S/C13H14F2N2OS/c1-18-11-6-13(19-7-11)12(17-16)4-8-2-9(14)5-10(15)3-8/h2-3,5-7,12,17H,4,16H2,1H3. The Balaban J connectivity index is 2.18. The molecule has 19 heavy (non-hydrogen) atoms. The lowest BCUT2D eigenvalue weighted by Crippen LogP contribution is -2.29. The van der Waals surface area contributed by atoms with Crippen LogP contribution in [-0.4, -0.2) is 7.11 Å².